The van der Waals surface area contributed by atoms with Gasteiger partial charge >= 0.3 is 0 Å². The van der Waals surface area contributed by atoms with Crippen LogP contribution in [-0.2, 0) is 10.0 Å². The van der Waals surface area contributed by atoms with E-state index in [0.29, 0.717) is 11.6 Å². The van der Waals surface area contributed by atoms with Crippen molar-refractivity contribution in [3.63, 3.8) is 0 Å². The Labute approximate surface area is 188 Å². The van der Waals surface area contributed by atoms with Crippen LogP contribution in [0.4, 0.5) is 0 Å². The van der Waals surface area contributed by atoms with Gasteiger partial charge in [-0.1, -0.05) is 17.7 Å². The molecule has 0 amide bonds. The van der Waals surface area contributed by atoms with Gasteiger partial charge in [-0.2, -0.15) is 4.72 Å². The smallest absolute Gasteiger partial charge is 0.241 e. The molecule has 8 heteroatoms. The number of carbonyl (C=O) groups excluding carboxylic acids is 1. The summed E-state index contributed by atoms with van der Waals surface area (Å²) in [7, 11) is -3.62. The fourth-order valence-corrected chi connectivity index (χ4v) is 5.42. The number of sulfonamides is 1. The predicted octanol–water partition coefficient (Wildman–Crippen LogP) is 4.10. The van der Waals surface area contributed by atoms with Crippen molar-refractivity contribution in [3.05, 3.63) is 59.1 Å². The predicted molar refractivity (Wildman–Crippen MR) is 120 cm³/mol. The van der Waals surface area contributed by atoms with E-state index in [1.54, 1.807) is 18.2 Å². The molecule has 1 saturated carbocycles. The van der Waals surface area contributed by atoms with Crippen LogP contribution < -0.4 is 9.46 Å². The Bertz CT molecular complexity index is 1020. The fraction of sp³-hybridized carbons (Fsp3) is 0.435. The second-order valence-electron chi connectivity index (χ2n) is 8.14. The number of halogens is 1. The third-order valence-corrected chi connectivity index (χ3v) is 7.40. The molecule has 0 aromatic heterocycles. The first kappa shape index (κ1) is 22.3. The van der Waals surface area contributed by atoms with Crippen LogP contribution in [0.2, 0.25) is 5.02 Å². The number of carbonyl (C=O) groups is 1. The normalized spacial score (nSPS) is 19.5. The topological polar surface area (TPSA) is 75.7 Å². The summed E-state index contributed by atoms with van der Waals surface area (Å²) in [5.74, 6) is 1.19. The summed E-state index contributed by atoms with van der Waals surface area (Å²) in [6.07, 6.45) is 4.28. The molecule has 1 unspecified atom stereocenters. The molecule has 1 N–H and O–H groups in total. The van der Waals surface area contributed by atoms with Crippen LogP contribution in [0.25, 0.3) is 0 Å². The molecule has 1 saturated heterocycles. The lowest BCUT2D eigenvalue weighted by Gasteiger charge is -2.25. The molecule has 1 atom stereocenters. The zero-order valence-electron chi connectivity index (χ0n) is 17.3. The summed E-state index contributed by atoms with van der Waals surface area (Å²) < 4.78 is 34.0. The maximum atomic E-state index is 12.7. The molecule has 1 aliphatic heterocycles. The Morgan fingerprint density at radius 1 is 1.13 bits per heavy atom. The van der Waals surface area contributed by atoms with E-state index in [0.717, 1.165) is 56.5 Å². The van der Waals surface area contributed by atoms with Gasteiger partial charge in [-0.15, -0.1) is 0 Å². The Hall–Kier alpha value is -1.93. The van der Waals surface area contributed by atoms with Gasteiger partial charge in [-0.05, 0) is 81.1 Å². The Morgan fingerprint density at radius 3 is 2.61 bits per heavy atom. The van der Waals surface area contributed by atoms with Crippen molar-refractivity contribution in [2.75, 3.05) is 19.7 Å². The quantitative estimate of drug-likeness (QED) is 0.425. The third kappa shape index (κ3) is 5.86. The first-order valence-electron chi connectivity index (χ1n) is 10.7. The van der Waals surface area contributed by atoms with Gasteiger partial charge in [-0.3, -0.25) is 9.69 Å². The Balaban J connectivity index is 1.24. The van der Waals surface area contributed by atoms with E-state index in [1.807, 2.05) is 24.3 Å². The maximum Gasteiger partial charge on any atom is 0.241 e. The van der Waals surface area contributed by atoms with Crippen molar-refractivity contribution in [1.29, 1.82) is 0 Å². The number of rotatable bonds is 10. The highest BCUT2D eigenvalue weighted by atomic mass is 35.5. The van der Waals surface area contributed by atoms with Crippen LogP contribution in [-0.4, -0.2) is 45.0 Å². The van der Waals surface area contributed by atoms with Crippen LogP contribution in [0.5, 0.6) is 5.75 Å². The minimum absolute atomic E-state index is 0.179. The highest BCUT2D eigenvalue weighted by molar-refractivity contribution is 7.89. The van der Waals surface area contributed by atoms with Gasteiger partial charge in [0.05, 0.1) is 17.7 Å². The van der Waals surface area contributed by atoms with Crippen LogP contribution in [0.15, 0.2) is 53.4 Å². The van der Waals surface area contributed by atoms with Gasteiger partial charge in [0, 0.05) is 23.0 Å². The largest absolute Gasteiger partial charge is 0.494 e. The molecule has 2 fully saturated rings. The SMILES string of the molecule is O=C(c1ccc(OCCCN2CCCC2NS(=O)(=O)c2cccc(Cl)c2)cc1)C1CC1. The molecule has 0 radical (unpaired) electrons. The maximum absolute atomic E-state index is 12.7. The number of nitrogens with one attached hydrogen (secondary N) is 1. The average Bonchev–Trinajstić information content (AvgIpc) is 3.52. The molecule has 2 aromatic rings. The molecule has 1 heterocycles. The van der Waals surface area contributed by atoms with Crippen molar-refractivity contribution < 1.29 is 17.9 Å². The number of nitrogens with zero attached hydrogens (tertiary/aromatic N) is 1. The minimum atomic E-state index is -3.62. The molecule has 31 heavy (non-hydrogen) atoms. The molecule has 1 aliphatic carbocycles. The molecular formula is C23H27ClN2O4S. The number of hydrogen-bond acceptors (Lipinski definition) is 5. The second kappa shape index (κ2) is 9.69. The Kier molecular flexibility index (Phi) is 6.96. The van der Waals surface area contributed by atoms with Crippen LogP contribution in [0, 0.1) is 5.92 Å². The van der Waals surface area contributed by atoms with Gasteiger partial charge in [-0.25, -0.2) is 8.42 Å². The fourth-order valence-electron chi connectivity index (χ4n) is 3.86. The molecule has 0 spiro atoms. The van der Waals surface area contributed by atoms with E-state index in [9.17, 15) is 13.2 Å². The van der Waals surface area contributed by atoms with Crippen LogP contribution >= 0.6 is 11.6 Å². The second-order valence-corrected chi connectivity index (χ2v) is 10.3. The minimum Gasteiger partial charge on any atom is -0.494 e. The van der Waals surface area contributed by atoms with Crippen LogP contribution in [0.1, 0.15) is 42.5 Å². The van der Waals surface area contributed by atoms with Crippen molar-refractivity contribution in [2.45, 2.75) is 43.2 Å². The summed E-state index contributed by atoms with van der Waals surface area (Å²) in [4.78, 5) is 14.4. The molecule has 2 aromatic carbocycles. The van der Waals surface area contributed by atoms with E-state index >= 15 is 0 Å². The number of likely N-dealkylation sites (tertiary alicyclic amines) is 1. The zero-order valence-corrected chi connectivity index (χ0v) is 18.9. The highest BCUT2D eigenvalue weighted by Gasteiger charge is 2.30. The summed E-state index contributed by atoms with van der Waals surface area (Å²) in [5.41, 5.74) is 0.752. The van der Waals surface area contributed by atoms with Crippen molar-refractivity contribution >= 4 is 27.4 Å². The summed E-state index contributed by atoms with van der Waals surface area (Å²) in [5, 5.41) is 0.397. The first-order valence-corrected chi connectivity index (χ1v) is 12.6. The standard InChI is InChI=1S/C23H27ClN2O4S/c24-19-4-1-5-21(16-19)31(28,29)25-22-6-2-13-26(22)14-3-15-30-20-11-9-18(10-12-20)23(27)17-7-8-17/h1,4-5,9-12,16-17,22,25H,2-3,6-8,13-15H2. The lowest BCUT2D eigenvalue weighted by molar-refractivity contribution is 0.0967. The van der Waals surface area contributed by atoms with E-state index in [2.05, 4.69) is 9.62 Å². The summed E-state index contributed by atoms with van der Waals surface area (Å²) in [6.45, 7) is 2.11. The molecule has 6 nitrogen and oxygen atoms in total. The number of hydrogen-bond donors (Lipinski definition) is 1. The highest BCUT2D eigenvalue weighted by Crippen LogP contribution is 2.32. The summed E-state index contributed by atoms with van der Waals surface area (Å²) >= 11 is 5.94. The van der Waals surface area contributed by atoms with Gasteiger partial charge in [0.2, 0.25) is 10.0 Å². The van der Waals surface area contributed by atoms with Crippen molar-refractivity contribution in [3.8, 4) is 5.75 Å². The number of benzene rings is 2. The van der Waals surface area contributed by atoms with Gasteiger partial charge in [0.25, 0.3) is 0 Å². The third-order valence-electron chi connectivity index (χ3n) is 5.71. The van der Waals surface area contributed by atoms with Crippen molar-refractivity contribution in [2.24, 2.45) is 5.92 Å². The molecule has 2 aliphatic rings. The summed E-state index contributed by atoms with van der Waals surface area (Å²) in [6, 6.07) is 13.6. The lowest BCUT2D eigenvalue weighted by Crippen LogP contribution is -2.44. The number of Topliss-reactive ketones (excluding diaryl/α,β-unsaturated/α-hetero) is 1. The van der Waals surface area contributed by atoms with E-state index in [1.165, 1.54) is 6.07 Å². The molecule has 4 rings (SSSR count). The van der Waals surface area contributed by atoms with Gasteiger partial charge < -0.3 is 4.74 Å². The van der Waals surface area contributed by atoms with Gasteiger partial charge in [0.1, 0.15) is 5.75 Å². The monoisotopic (exact) mass is 462 g/mol. The van der Waals surface area contributed by atoms with E-state index < -0.39 is 10.0 Å². The average molecular weight is 463 g/mol. The van der Waals surface area contributed by atoms with E-state index in [-0.39, 0.29) is 22.8 Å². The Morgan fingerprint density at radius 2 is 1.90 bits per heavy atom. The molecule has 0 bridgehead atoms. The lowest BCUT2D eigenvalue weighted by atomic mass is 10.1. The zero-order chi connectivity index (χ0) is 21.8. The molecular weight excluding hydrogens is 436 g/mol. The molecule has 166 valence electrons. The first-order chi connectivity index (χ1) is 14.9. The van der Waals surface area contributed by atoms with Gasteiger partial charge in [0.15, 0.2) is 5.78 Å². The number of ketones is 1. The number of ether oxygens (including phenoxy) is 1. The van der Waals surface area contributed by atoms with Crippen molar-refractivity contribution in [1.82, 2.24) is 9.62 Å². The van der Waals surface area contributed by atoms with E-state index in [4.69, 9.17) is 16.3 Å². The van der Waals surface area contributed by atoms with Crippen LogP contribution in [0.3, 0.4) is 0 Å².